The van der Waals surface area contributed by atoms with Crippen molar-refractivity contribution in [2.75, 3.05) is 26.8 Å². The van der Waals surface area contributed by atoms with E-state index in [0.29, 0.717) is 24.6 Å². The third kappa shape index (κ3) is 4.96. The van der Waals surface area contributed by atoms with Gasteiger partial charge < -0.3 is 15.2 Å². The summed E-state index contributed by atoms with van der Waals surface area (Å²) in [6.07, 6.45) is 7.26. The van der Waals surface area contributed by atoms with Crippen LogP contribution in [0.1, 0.15) is 62.6 Å². The highest BCUT2D eigenvalue weighted by Gasteiger charge is 2.22. The fourth-order valence-corrected chi connectivity index (χ4v) is 4.33. The van der Waals surface area contributed by atoms with Gasteiger partial charge in [0, 0.05) is 30.8 Å². The molecule has 4 nitrogen and oxygen atoms in total. The number of hydrogen-bond acceptors (Lipinski definition) is 4. The Balaban J connectivity index is 1.62. The number of methoxy groups -OCH3 is 1. The van der Waals surface area contributed by atoms with Gasteiger partial charge in [0.2, 0.25) is 0 Å². The van der Waals surface area contributed by atoms with Crippen LogP contribution < -0.4 is 10.1 Å². The average Bonchev–Trinajstić information content (AvgIpc) is 3.15. The molecular weight excluding hydrogens is 312 g/mol. The van der Waals surface area contributed by atoms with E-state index >= 15 is 0 Å². The van der Waals surface area contributed by atoms with Crippen LogP contribution in [0.15, 0.2) is 18.2 Å². The summed E-state index contributed by atoms with van der Waals surface area (Å²) in [5.74, 6) is 1.52. The highest BCUT2D eigenvalue weighted by atomic mass is 16.5. The van der Waals surface area contributed by atoms with Crippen molar-refractivity contribution in [3.63, 3.8) is 0 Å². The van der Waals surface area contributed by atoms with Crippen LogP contribution in [0.25, 0.3) is 0 Å². The van der Waals surface area contributed by atoms with Crippen LogP contribution in [-0.2, 0) is 6.54 Å². The highest BCUT2D eigenvalue weighted by Crippen LogP contribution is 2.28. The standard InChI is InChI=1S/C21H34N2O2/c1-16(22-20-8-5-17(15-24)6-9-20)18-7-10-21(25-2)19(13-18)14-23-11-3-4-12-23/h7,10,13,16-17,20,22,24H,3-6,8-9,11-12,14-15H2,1-2H3. The van der Waals surface area contributed by atoms with Crippen molar-refractivity contribution in [3.05, 3.63) is 29.3 Å². The van der Waals surface area contributed by atoms with Crippen molar-refractivity contribution in [3.8, 4) is 5.75 Å². The SMILES string of the molecule is COc1ccc(C(C)NC2CCC(CO)CC2)cc1CN1CCCC1. The van der Waals surface area contributed by atoms with Crippen molar-refractivity contribution in [2.45, 2.75) is 64.1 Å². The van der Waals surface area contributed by atoms with Crippen LogP contribution in [0, 0.1) is 5.92 Å². The van der Waals surface area contributed by atoms with Crippen molar-refractivity contribution < 1.29 is 9.84 Å². The summed E-state index contributed by atoms with van der Waals surface area (Å²) in [4.78, 5) is 2.52. The second-order valence-corrected chi connectivity index (χ2v) is 7.84. The fourth-order valence-electron chi connectivity index (χ4n) is 4.33. The largest absolute Gasteiger partial charge is 0.496 e. The summed E-state index contributed by atoms with van der Waals surface area (Å²) in [7, 11) is 1.77. The number of hydrogen-bond donors (Lipinski definition) is 2. The molecule has 25 heavy (non-hydrogen) atoms. The molecule has 0 radical (unpaired) electrons. The Morgan fingerprint density at radius 2 is 1.92 bits per heavy atom. The quantitative estimate of drug-likeness (QED) is 0.793. The maximum atomic E-state index is 9.30. The Kier molecular flexibility index (Phi) is 6.74. The number of nitrogens with zero attached hydrogens (tertiary/aromatic N) is 1. The minimum absolute atomic E-state index is 0.346. The molecule has 0 amide bonds. The van der Waals surface area contributed by atoms with Crippen LogP contribution in [0.4, 0.5) is 0 Å². The zero-order valence-corrected chi connectivity index (χ0v) is 15.8. The fraction of sp³-hybridized carbons (Fsp3) is 0.714. The summed E-state index contributed by atoms with van der Waals surface area (Å²) in [6.45, 7) is 6.01. The molecule has 4 heteroatoms. The number of aliphatic hydroxyl groups excluding tert-OH is 1. The Morgan fingerprint density at radius 3 is 2.56 bits per heavy atom. The minimum Gasteiger partial charge on any atom is -0.496 e. The molecule has 3 rings (SSSR count). The first-order valence-corrected chi connectivity index (χ1v) is 9.95. The topological polar surface area (TPSA) is 44.7 Å². The molecule has 1 saturated carbocycles. The van der Waals surface area contributed by atoms with Crippen molar-refractivity contribution in [1.82, 2.24) is 10.2 Å². The maximum Gasteiger partial charge on any atom is 0.123 e. The number of ether oxygens (including phenoxy) is 1. The first kappa shape index (κ1) is 18.7. The normalized spacial score (nSPS) is 25.9. The summed E-state index contributed by atoms with van der Waals surface area (Å²) in [5.41, 5.74) is 2.65. The zero-order valence-electron chi connectivity index (χ0n) is 15.8. The van der Waals surface area contributed by atoms with E-state index in [1.165, 1.54) is 49.9 Å². The smallest absolute Gasteiger partial charge is 0.123 e. The van der Waals surface area contributed by atoms with E-state index in [2.05, 4.69) is 35.3 Å². The van der Waals surface area contributed by atoms with Gasteiger partial charge in [-0.1, -0.05) is 6.07 Å². The second kappa shape index (κ2) is 9.02. The lowest BCUT2D eigenvalue weighted by Gasteiger charge is -2.31. The molecule has 0 spiro atoms. The van der Waals surface area contributed by atoms with Gasteiger partial charge in [-0.05, 0) is 82.2 Å². The average molecular weight is 347 g/mol. The lowest BCUT2D eigenvalue weighted by molar-refractivity contribution is 0.172. The molecule has 1 heterocycles. The van der Waals surface area contributed by atoms with Gasteiger partial charge in [-0.15, -0.1) is 0 Å². The van der Waals surface area contributed by atoms with Crippen LogP contribution in [0.2, 0.25) is 0 Å². The van der Waals surface area contributed by atoms with E-state index in [1.54, 1.807) is 7.11 Å². The minimum atomic E-state index is 0.346. The van der Waals surface area contributed by atoms with Crippen LogP contribution in [-0.4, -0.2) is 42.9 Å². The van der Waals surface area contributed by atoms with Crippen molar-refractivity contribution in [2.24, 2.45) is 5.92 Å². The molecule has 2 fully saturated rings. The molecule has 1 aromatic rings. The van der Waals surface area contributed by atoms with E-state index in [4.69, 9.17) is 4.74 Å². The van der Waals surface area contributed by atoms with Gasteiger partial charge in [0.05, 0.1) is 7.11 Å². The molecule has 0 bridgehead atoms. The molecule has 1 aliphatic heterocycles. The molecular formula is C21H34N2O2. The summed E-state index contributed by atoms with van der Waals surface area (Å²) in [5, 5.41) is 13.1. The first-order chi connectivity index (χ1) is 12.2. The molecule has 1 atom stereocenters. The van der Waals surface area contributed by atoms with E-state index in [9.17, 15) is 5.11 Å². The van der Waals surface area contributed by atoms with Crippen LogP contribution in [0.3, 0.4) is 0 Å². The molecule has 0 aromatic heterocycles. The van der Waals surface area contributed by atoms with E-state index in [0.717, 1.165) is 25.1 Å². The summed E-state index contributed by atoms with van der Waals surface area (Å²) in [6, 6.07) is 7.57. The Hall–Kier alpha value is -1.10. The number of nitrogens with one attached hydrogen (secondary N) is 1. The Labute approximate surface area is 152 Å². The molecule has 1 unspecified atom stereocenters. The van der Waals surface area contributed by atoms with Gasteiger partial charge in [-0.3, -0.25) is 4.90 Å². The number of rotatable bonds is 7. The highest BCUT2D eigenvalue weighted by molar-refractivity contribution is 5.38. The van der Waals surface area contributed by atoms with Gasteiger partial charge in [-0.2, -0.15) is 0 Å². The molecule has 140 valence electrons. The van der Waals surface area contributed by atoms with Crippen molar-refractivity contribution >= 4 is 0 Å². The summed E-state index contributed by atoms with van der Waals surface area (Å²) < 4.78 is 5.59. The third-order valence-corrected chi connectivity index (χ3v) is 5.99. The van der Waals surface area contributed by atoms with E-state index in [-0.39, 0.29) is 0 Å². The van der Waals surface area contributed by atoms with Gasteiger partial charge in [-0.25, -0.2) is 0 Å². The Bertz CT molecular complexity index is 535. The van der Waals surface area contributed by atoms with Crippen molar-refractivity contribution in [1.29, 1.82) is 0 Å². The van der Waals surface area contributed by atoms with E-state index in [1.807, 2.05) is 0 Å². The first-order valence-electron chi connectivity index (χ1n) is 9.95. The second-order valence-electron chi connectivity index (χ2n) is 7.84. The number of likely N-dealkylation sites (tertiary alicyclic amines) is 1. The Morgan fingerprint density at radius 1 is 1.20 bits per heavy atom. The van der Waals surface area contributed by atoms with Gasteiger partial charge in [0.25, 0.3) is 0 Å². The molecule has 1 aromatic carbocycles. The van der Waals surface area contributed by atoms with Gasteiger partial charge in [0.15, 0.2) is 0 Å². The number of aliphatic hydroxyl groups is 1. The third-order valence-electron chi connectivity index (χ3n) is 5.99. The lowest BCUT2D eigenvalue weighted by Crippen LogP contribution is -2.35. The zero-order chi connectivity index (χ0) is 17.6. The lowest BCUT2D eigenvalue weighted by atomic mass is 9.86. The maximum absolute atomic E-state index is 9.30. The predicted octanol–water partition coefficient (Wildman–Crippen LogP) is 3.49. The predicted molar refractivity (Wildman–Crippen MR) is 102 cm³/mol. The van der Waals surface area contributed by atoms with Crippen LogP contribution >= 0.6 is 0 Å². The number of benzene rings is 1. The molecule has 2 aliphatic rings. The van der Waals surface area contributed by atoms with Gasteiger partial charge >= 0.3 is 0 Å². The monoisotopic (exact) mass is 346 g/mol. The van der Waals surface area contributed by atoms with Gasteiger partial charge in [0.1, 0.15) is 5.75 Å². The molecule has 2 N–H and O–H groups in total. The molecule has 1 saturated heterocycles. The van der Waals surface area contributed by atoms with Crippen LogP contribution in [0.5, 0.6) is 5.75 Å². The molecule has 1 aliphatic carbocycles. The van der Waals surface area contributed by atoms with E-state index < -0.39 is 0 Å². The summed E-state index contributed by atoms with van der Waals surface area (Å²) >= 11 is 0.